The van der Waals surface area contributed by atoms with Crippen LogP contribution < -0.4 is 16.2 Å². The molecule has 4 N–H and O–H groups in total. The van der Waals surface area contributed by atoms with Crippen molar-refractivity contribution in [3.63, 3.8) is 0 Å². The molecule has 8 heteroatoms. The van der Waals surface area contributed by atoms with Gasteiger partial charge in [-0.1, -0.05) is 0 Å². The Labute approximate surface area is 94.6 Å². The van der Waals surface area contributed by atoms with E-state index in [-0.39, 0.29) is 18.7 Å². The molecule has 0 radical (unpaired) electrons. The summed E-state index contributed by atoms with van der Waals surface area (Å²) in [5, 5.41) is 0. The SMILES string of the molecule is NCCOc1nc(C(F)(F)F)ccc1C(N)=O. The topological polar surface area (TPSA) is 91.2 Å². The molecule has 0 aliphatic rings. The molecule has 94 valence electrons. The molecule has 0 unspecified atom stereocenters. The maximum Gasteiger partial charge on any atom is 0.433 e. The first-order valence-electron chi connectivity index (χ1n) is 4.57. The average Bonchev–Trinajstić information content (AvgIpc) is 2.24. The molecule has 0 fully saturated rings. The first-order chi connectivity index (χ1) is 7.86. The normalized spacial score (nSPS) is 11.3. The van der Waals surface area contributed by atoms with Gasteiger partial charge in [0.1, 0.15) is 17.9 Å². The number of pyridine rings is 1. The van der Waals surface area contributed by atoms with E-state index in [1.807, 2.05) is 0 Å². The second-order valence-electron chi connectivity index (χ2n) is 3.05. The summed E-state index contributed by atoms with van der Waals surface area (Å²) >= 11 is 0. The molecule has 0 saturated carbocycles. The number of hydrogen-bond donors (Lipinski definition) is 2. The maximum absolute atomic E-state index is 12.4. The van der Waals surface area contributed by atoms with Crippen LogP contribution in [0.2, 0.25) is 0 Å². The van der Waals surface area contributed by atoms with Crippen LogP contribution >= 0.6 is 0 Å². The largest absolute Gasteiger partial charge is 0.476 e. The van der Waals surface area contributed by atoms with Crippen LogP contribution in [0.5, 0.6) is 5.88 Å². The van der Waals surface area contributed by atoms with Gasteiger partial charge in [-0.2, -0.15) is 13.2 Å². The lowest BCUT2D eigenvalue weighted by atomic mass is 10.2. The predicted octanol–water partition coefficient (Wildman–Crippen LogP) is 0.537. The molecule has 1 aromatic heterocycles. The fraction of sp³-hybridized carbons (Fsp3) is 0.333. The smallest absolute Gasteiger partial charge is 0.433 e. The van der Waals surface area contributed by atoms with E-state index < -0.39 is 23.7 Å². The summed E-state index contributed by atoms with van der Waals surface area (Å²) in [7, 11) is 0. The Morgan fingerprint density at radius 1 is 1.41 bits per heavy atom. The zero-order valence-corrected chi connectivity index (χ0v) is 8.62. The van der Waals surface area contributed by atoms with Gasteiger partial charge in [-0.15, -0.1) is 0 Å². The molecule has 0 aliphatic heterocycles. The number of carbonyl (C=O) groups excluding carboxylic acids is 1. The van der Waals surface area contributed by atoms with Crippen LogP contribution in [0, 0.1) is 0 Å². The number of ether oxygens (including phenoxy) is 1. The lowest BCUT2D eigenvalue weighted by Crippen LogP contribution is -2.19. The molecule has 0 spiro atoms. The van der Waals surface area contributed by atoms with Crippen LogP contribution in [0.4, 0.5) is 13.2 Å². The number of aromatic nitrogens is 1. The van der Waals surface area contributed by atoms with Gasteiger partial charge in [0.15, 0.2) is 0 Å². The molecule has 1 aromatic rings. The Kier molecular flexibility index (Phi) is 3.89. The van der Waals surface area contributed by atoms with Crippen LogP contribution in [0.3, 0.4) is 0 Å². The van der Waals surface area contributed by atoms with Crippen molar-refractivity contribution >= 4 is 5.91 Å². The van der Waals surface area contributed by atoms with Gasteiger partial charge >= 0.3 is 6.18 Å². The molecule has 0 saturated heterocycles. The van der Waals surface area contributed by atoms with Crippen molar-refractivity contribution < 1.29 is 22.7 Å². The lowest BCUT2D eigenvalue weighted by molar-refractivity contribution is -0.141. The van der Waals surface area contributed by atoms with E-state index in [0.29, 0.717) is 6.07 Å². The zero-order valence-electron chi connectivity index (χ0n) is 8.62. The van der Waals surface area contributed by atoms with Gasteiger partial charge < -0.3 is 16.2 Å². The van der Waals surface area contributed by atoms with E-state index in [2.05, 4.69) is 4.98 Å². The van der Waals surface area contributed by atoms with Crippen molar-refractivity contribution in [1.29, 1.82) is 0 Å². The van der Waals surface area contributed by atoms with Crippen LogP contribution in [0.25, 0.3) is 0 Å². The maximum atomic E-state index is 12.4. The number of halogens is 3. The molecule has 0 aliphatic carbocycles. The van der Waals surface area contributed by atoms with Gasteiger partial charge in [0.2, 0.25) is 5.88 Å². The number of alkyl halides is 3. The van der Waals surface area contributed by atoms with Gasteiger partial charge in [0.25, 0.3) is 5.91 Å². The summed E-state index contributed by atoms with van der Waals surface area (Å²) < 4.78 is 41.9. The molecule has 0 atom stereocenters. The van der Waals surface area contributed by atoms with Crippen LogP contribution in [0.15, 0.2) is 12.1 Å². The van der Waals surface area contributed by atoms with Crippen molar-refractivity contribution in [2.75, 3.05) is 13.2 Å². The fourth-order valence-corrected chi connectivity index (χ4v) is 1.05. The third-order valence-electron chi connectivity index (χ3n) is 1.77. The minimum Gasteiger partial charge on any atom is -0.476 e. The van der Waals surface area contributed by atoms with E-state index in [4.69, 9.17) is 16.2 Å². The third-order valence-corrected chi connectivity index (χ3v) is 1.77. The number of rotatable bonds is 4. The molecule has 0 bridgehead atoms. The highest BCUT2D eigenvalue weighted by molar-refractivity contribution is 5.95. The van der Waals surface area contributed by atoms with Gasteiger partial charge in [-0.05, 0) is 12.1 Å². The molecule has 17 heavy (non-hydrogen) atoms. The minimum atomic E-state index is -4.61. The number of primary amides is 1. The molecular formula is C9H10F3N3O2. The second kappa shape index (κ2) is 5.00. The predicted molar refractivity (Wildman–Crippen MR) is 52.3 cm³/mol. The second-order valence-corrected chi connectivity index (χ2v) is 3.05. The molecule has 0 aromatic carbocycles. The van der Waals surface area contributed by atoms with E-state index in [1.165, 1.54) is 0 Å². The van der Waals surface area contributed by atoms with Crippen LogP contribution in [-0.4, -0.2) is 24.0 Å². The van der Waals surface area contributed by atoms with Gasteiger partial charge in [-0.25, -0.2) is 4.98 Å². The number of amides is 1. The van der Waals surface area contributed by atoms with Crippen molar-refractivity contribution in [1.82, 2.24) is 4.98 Å². The number of hydrogen-bond acceptors (Lipinski definition) is 4. The number of nitrogens with two attached hydrogens (primary N) is 2. The standard InChI is InChI=1S/C9H10F3N3O2/c10-9(11,12)6-2-1-5(7(14)16)8(15-6)17-4-3-13/h1-2H,3-4,13H2,(H2,14,16). The molecule has 5 nitrogen and oxygen atoms in total. The van der Waals surface area contributed by atoms with Crippen molar-refractivity contribution in [3.05, 3.63) is 23.4 Å². The Morgan fingerprint density at radius 2 is 2.06 bits per heavy atom. The average molecular weight is 249 g/mol. The Hall–Kier alpha value is -1.83. The summed E-state index contributed by atoms with van der Waals surface area (Å²) in [6.07, 6.45) is -4.61. The Balaban J connectivity index is 3.14. The van der Waals surface area contributed by atoms with E-state index in [1.54, 1.807) is 0 Å². The quantitative estimate of drug-likeness (QED) is 0.814. The summed E-state index contributed by atoms with van der Waals surface area (Å²) in [6.45, 7) is 0.0186. The Bertz CT molecular complexity index is 420. The summed E-state index contributed by atoms with van der Waals surface area (Å²) in [6, 6.07) is 1.58. The molecule has 1 rings (SSSR count). The molecule has 1 heterocycles. The highest BCUT2D eigenvalue weighted by atomic mass is 19.4. The molecular weight excluding hydrogens is 239 g/mol. The molecule has 1 amide bonds. The van der Waals surface area contributed by atoms with Crippen LogP contribution in [-0.2, 0) is 6.18 Å². The third kappa shape index (κ3) is 3.31. The summed E-state index contributed by atoms with van der Waals surface area (Å²) in [4.78, 5) is 14.1. The number of nitrogens with zero attached hydrogens (tertiary/aromatic N) is 1. The van der Waals surface area contributed by atoms with Gasteiger partial charge in [0.05, 0.1) is 0 Å². The van der Waals surface area contributed by atoms with E-state index in [9.17, 15) is 18.0 Å². The minimum absolute atomic E-state index is 0.0609. The first-order valence-corrected chi connectivity index (χ1v) is 4.57. The summed E-state index contributed by atoms with van der Waals surface area (Å²) in [5.74, 6) is -1.38. The fourth-order valence-electron chi connectivity index (χ4n) is 1.05. The van der Waals surface area contributed by atoms with Crippen molar-refractivity contribution in [3.8, 4) is 5.88 Å². The van der Waals surface area contributed by atoms with Crippen LogP contribution in [0.1, 0.15) is 16.1 Å². The zero-order chi connectivity index (χ0) is 13.1. The monoisotopic (exact) mass is 249 g/mol. The number of carbonyl (C=O) groups is 1. The van der Waals surface area contributed by atoms with Gasteiger partial charge in [-0.3, -0.25) is 4.79 Å². The van der Waals surface area contributed by atoms with Crippen molar-refractivity contribution in [2.45, 2.75) is 6.18 Å². The highest BCUT2D eigenvalue weighted by Crippen LogP contribution is 2.30. The van der Waals surface area contributed by atoms with Gasteiger partial charge in [0, 0.05) is 6.54 Å². The van der Waals surface area contributed by atoms with E-state index >= 15 is 0 Å². The first kappa shape index (κ1) is 13.2. The Morgan fingerprint density at radius 3 is 2.53 bits per heavy atom. The van der Waals surface area contributed by atoms with Crippen molar-refractivity contribution in [2.24, 2.45) is 11.5 Å². The lowest BCUT2D eigenvalue weighted by Gasteiger charge is -2.11. The summed E-state index contributed by atoms with van der Waals surface area (Å²) in [5.41, 5.74) is 8.74. The highest BCUT2D eigenvalue weighted by Gasteiger charge is 2.33. The van der Waals surface area contributed by atoms with E-state index in [0.717, 1.165) is 6.07 Å².